The second-order valence-corrected chi connectivity index (χ2v) is 3.77. The number of allylic oxidation sites excluding steroid dienone is 1. The molecule has 1 N–H and O–H groups in total. The van der Waals surface area contributed by atoms with Gasteiger partial charge in [0.1, 0.15) is 11.6 Å². The van der Waals surface area contributed by atoms with Crippen molar-refractivity contribution in [3.63, 3.8) is 0 Å². The van der Waals surface area contributed by atoms with Gasteiger partial charge in [-0.15, -0.1) is 0 Å². The minimum Gasteiger partial charge on any atom is -0.507 e. The van der Waals surface area contributed by atoms with Gasteiger partial charge in [-0.05, 0) is 24.3 Å². The average molecular weight is 242 g/mol. The van der Waals surface area contributed by atoms with E-state index in [-0.39, 0.29) is 11.5 Å². The molecule has 0 amide bonds. The Kier molecular flexibility index (Phi) is 3.53. The van der Waals surface area contributed by atoms with Gasteiger partial charge >= 0.3 is 0 Å². The summed E-state index contributed by atoms with van der Waals surface area (Å²) in [4.78, 5) is 11.8. The molecule has 0 heterocycles. The molecule has 0 aromatic heterocycles. The van der Waals surface area contributed by atoms with E-state index in [9.17, 15) is 14.3 Å². The lowest BCUT2D eigenvalue weighted by molar-refractivity contribution is 0.104. The van der Waals surface area contributed by atoms with E-state index < -0.39 is 5.82 Å². The van der Waals surface area contributed by atoms with Gasteiger partial charge in [0.25, 0.3) is 0 Å². The fraction of sp³-hybridized carbons (Fsp3) is 0. The van der Waals surface area contributed by atoms with Crippen LogP contribution >= 0.6 is 0 Å². The molecule has 0 saturated carbocycles. The van der Waals surface area contributed by atoms with Crippen molar-refractivity contribution in [2.75, 3.05) is 0 Å². The lowest BCUT2D eigenvalue weighted by atomic mass is 10.1. The van der Waals surface area contributed by atoms with Crippen LogP contribution in [0.2, 0.25) is 0 Å². The molecule has 2 aromatic rings. The van der Waals surface area contributed by atoms with Gasteiger partial charge in [0.15, 0.2) is 5.78 Å². The number of rotatable bonds is 3. The highest BCUT2D eigenvalue weighted by Crippen LogP contribution is 2.12. The van der Waals surface area contributed by atoms with Crippen LogP contribution in [0, 0.1) is 5.82 Å². The number of ketones is 1. The third-order valence-corrected chi connectivity index (χ3v) is 2.47. The third-order valence-electron chi connectivity index (χ3n) is 2.47. The summed E-state index contributed by atoms with van der Waals surface area (Å²) in [5, 5.41) is 9.77. The van der Waals surface area contributed by atoms with Gasteiger partial charge in [-0.25, -0.2) is 4.39 Å². The van der Waals surface area contributed by atoms with Crippen LogP contribution in [-0.2, 0) is 0 Å². The predicted octanol–water partition coefficient (Wildman–Crippen LogP) is 3.61. The first kappa shape index (κ1) is 12.0. The Morgan fingerprint density at radius 1 is 0.944 bits per heavy atom. The van der Waals surface area contributed by atoms with Crippen molar-refractivity contribution in [2.24, 2.45) is 0 Å². The van der Waals surface area contributed by atoms with Crippen molar-refractivity contribution in [3.8, 4) is 0 Å². The zero-order chi connectivity index (χ0) is 13.0. The molecular weight excluding hydrogens is 231 g/mol. The average Bonchev–Trinajstić information content (AvgIpc) is 2.40. The Hall–Kier alpha value is -2.42. The highest BCUT2D eigenvalue weighted by Gasteiger charge is 2.05. The van der Waals surface area contributed by atoms with E-state index >= 15 is 0 Å². The first-order valence-electron chi connectivity index (χ1n) is 5.43. The Morgan fingerprint density at radius 3 is 2.17 bits per heavy atom. The summed E-state index contributed by atoms with van der Waals surface area (Å²) < 4.78 is 12.7. The van der Waals surface area contributed by atoms with Crippen LogP contribution in [0.1, 0.15) is 15.9 Å². The lowest BCUT2D eigenvalue weighted by Gasteiger charge is -2.00. The Labute approximate surface area is 104 Å². The van der Waals surface area contributed by atoms with E-state index in [0.29, 0.717) is 11.1 Å². The summed E-state index contributed by atoms with van der Waals surface area (Å²) in [7, 11) is 0. The molecule has 0 fully saturated rings. The van der Waals surface area contributed by atoms with E-state index in [2.05, 4.69) is 0 Å². The van der Waals surface area contributed by atoms with Crippen molar-refractivity contribution < 1.29 is 14.3 Å². The monoisotopic (exact) mass is 242 g/mol. The van der Waals surface area contributed by atoms with Gasteiger partial charge < -0.3 is 5.11 Å². The molecule has 3 heteroatoms. The topological polar surface area (TPSA) is 37.3 Å². The smallest absolute Gasteiger partial charge is 0.189 e. The zero-order valence-corrected chi connectivity index (χ0v) is 9.51. The van der Waals surface area contributed by atoms with Crippen LogP contribution in [0.5, 0.6) is 0 Å². The fourth-order valence-corrected chi connectivity index (χ4v) is 1.51. The summed E-state index contributed by atoms with van der Waals surface area (Å²) in [5.74, 6) is -0.871. The van der Waals surface area contributed by atoms with Gasteiger partial charge in [-0.1, -0.05) is 30.3 Å². The Balaban J connectivity index is 2.23. The first-order valence-corrected chi connectivity index (χ1v) is 5.43. The minimum atomic E-state index is -0.400. The van der Waals surface area contributed by atoms with Gasteiger partial charge in [-0.3, -0.25) is 4.79 Å². The van der Waals surface area contributed by atoms with E-state index in [4.69, 9.17) is 0 Å². The van der Waals surface area contributed by atoms with E-state index in [1.54, 1.807) is 24.3 Å². The Bertz CT molecular complexity index is 571. The number of aliphatic hydroxyl groups excluding tert-OH is 1. The molecule has 2 nitrogen and oxygen atoms in total. The molecule has 90 valence electrons. The maximum absolute atomic E-state index is 12.7. The number of halogens is 1. The van der Waals surface area contributed by atoms with Crippen molar-refractivity contribution in [2.45, 2.75) is 0 Å². The summed E-state index contributed by atoms with van der Waals surface area (Å²) in [6, 6.07) is 13.9. The molecule has 0 aliphatic heterocycles. The summed E-state index contributed by atoms with van der Waals surface area (Å²) in [5.41, 5.74) is 0.895. The summed E-state index contributed by atoms with van der Waals surface area (Å²) in [6.45, 7) is 0. The number of carbonyl (C=O) groups is 1. The fourth-order valence-electron chi connectivity index (χ4n) is 1.51. The SMILES string of the molecule is O=C(/C=C(\O)c1ccccc1)c1ccc(F)cc1. The summed E-state index contributed by atoms with van der Waals surface area (Å²) in [6.07, 6.45) is 1.13. The molecule has 0 aliphatic rings. The molecule has 0 radical (unpaired) electrons. The number of benzene rings is 2. The zero-order valence-electron chi connectivity index (χ0n) is 9.51. The van der Waals surface area contributed by atoms with Gasteiger partial charge in [-0.2, -0.15) is 0 Å². The number of aliphatic hydroxyl groups is 1. The number of hydrogen-bond donors (Lipinski definition) is 1. The largest absolute Gasteiger partial charge is 0.507 e. The van der Waals surface area contributed by atoms with Crippen LogP contribution in [0.4, 0.5) is 4.39 Å². The van der Waals surface area contributed by atoms with Gasteiger partial charge in [0.2, 0.25) is 0 Å². The normalized spacial score (nSPS) is 11.3. The van der Waals surface area contributed by atoms with Crippen LogP contribution in [0.15, 0.2) is 60.7 Å². The molecule has 2 aromatic carbocycles. The highest BCUT2D eigenvalue weighted by atomic mass is 19.1. The van der Waals surface area contributed by atoms with E-state index in [0.717, 1.165) is 6.08 Å². The third kappa shape index (κ3) is 2.83. The molecule has 0 saturated heterocycles. The van der Waals surface area contributed by atoms with Crippen molar-refractivity contribution >= 4 is 11.5 Å². The first-order chi connectivity index (χ1) is 8.66. The van der Waals surface area contributed by atoms with Crippen LogP contribution in [0.25, 0.3) is 5.76 Å². The second kappa shape index (κ2) is 5.27. The van der Waals surface area contributed by atoms with Crippen molar-refractivity contribution in [3.05, 3.63) is 77.6 Å². The lowest BCUT2D eigenvalue weighted by Crippen LogP contribution is -1.96. The maximum Gasteiger partial charge on any atom is 0.189 e. The molecule has 0 bridgehead atoms. The van der Waals surface area contributed by atoms with Crippen LogP contribution in [-0.4, -0.2) is 10.9 Å². The molecule has 0 atom stereocenters. The maximum atomic E-state index is 12.7. The van der Waals surface area contributed by atoms with Crippen LogP contribution in [0.3, 0.4) is 0 Å². The predicted molar refractivity (Wildman–Crippen MR) is 67.8 cm³/mol. The highest BCUT2D eigenvalue weighted by molar-refractivity contribution is 6.07. The van der Waals surface area contributed by atoms with Gasteiger partial charge in [0.05, 0.1) is 0 Å². The molecule has 2 rings (SSSR count). The molecular formula is C15H11FO2. The molecule has 0 aliphatic carbocycles. The minimum absolute atomic E-state index is 0.107. The van der Waals surface area contributed by atoms with E-state index in [1.807, 2.05) is 6.07 Å². The van der Waals surface area contributed by atoms with Crippen molar-refractivity contribution in [1.29, 1.82) is 0 Å². The van der Waals surface area contributed by atoms with Crippen molar-refractivity contribution in [1.82, 2.24) is 0 Å². The molecule has 0 unspecified atom stereocenters. The van der Waals surface area contributed by atoms with E-state index in [1.165, 1.54) is 24.3 Å². The number of hydrogen-bond acceptors (Lipinski definition) is 2. The molecule has 0 spiro atoms. The summed E-state index contributed by atoms with van der Waals surface area (Å²) >= 11 is 0. The van der Waals surface area contributed by atoms with Crippen LogP contribution < -0.4 is 0 Å². The number of carbonyl (C=O) groups excluding carboxylic acids is 1. The Morgan fingerprint density at radius 2 is 1.56 bits per heavy atom. The molecule has 18 heavy (non-hydrogen) atoms. The quantitative estimate of drug-likeness (QED) is 0.507. The van der Waals surface area contributed by atoms with Gasteiger partial charge in [0, 0.05) is 17.2 Å². The standard InChI is InChI=1S/C15H11FO2/c16-13-8-6-12(7-9-13)15(18)10-14(17)11-4-2-1-3-5-11/h1-10,17H/b14-10-. The second-order valence-electron chi connectivity index (χ2n) is 3.77.